The molecule has 15 heteroatoms. The van der Waals surface area contributed by atoms with Gasteiger partial charge in [-0.15, -0.1) is 0 Å². The smallest absolute Gasteiger partial charge is 0.424 e. The number of rotatable bonds is 11. The zero-order chi connectivity index (χ0) is 33.7. The molecule has 5 N–H and O–H groups in total. The van der Waals surface area contributed by atoms with Crippen LogP contribution < -0.4 is 25.4 Å². The number of halogens is 4. The number of alkyl carbamates (subject to hydrolysis) is 1. The molecule has 3 aromatic rings. The molecule has 1 aromatic heterocycles. The zero-order valence-corrected chi connectivity index (χ0v) is 26.0. The summed E-state index contributed by atoms with van der Waals surface area (Å²) in [4.78, 5) is 29.6. The molecule has 0 bridgehead atoms. The number of aliphatic hydroxyl groups excluding tert-OH is 1. The molecule has 2 heterocycles. The molecule has 2 amide bonds. The number of hydrogen-bond donors (Lipinski definition) is 5. The molecule has 3 atom stereocenters. The lowest BCUT2D eigenvalue weighted by molar-refractivity contribution is -0.265. The summed E-state index contributed by atoms with van der Waals surface area (Å²) in [7, 11) is 1.31. The molecule has 0 fully saturated rings. The van der Waals surface area contributed by atoms with Gasteiger partial charge in [-0.3, -0.25) is 4.79 Å². The molecule has 4 rings (SSSR count). The van der Waals surface area contributed by atoms with Crippen molar-refractivity contribution in [3.63, 3.8) is 0 Å². The first-order valence-corrected chi connectivity index (χ1v) is 14.5. The van der Waals surface area contributed by atoms with Crippen LogP contribution in [0.2, 0.25) is 5.15 Å². The number of nitrogens with zero attached hydrogens (tertiary/aromatic N) is 1. The fraction of sp³-hybridized carbons (Fsp3) is 0.387. The van der Waals surface area contributed by atoms with E-state index in [2.05, 4.69) is 20.9 Å². The van der Waals surface area contributed by atoms with Gasteiger partial charge < -0.3 is 40.4 Å². The monoisotopic (exact) mass is 666 g/mol. The van der Waals surface area contributed by atoms with Crippen molar-refractivity contribution in [2.75, 3.05) is 32.1 Å². The van der Waals surface area contributed by atoms with Gasteiger partial charge in [-0.25, -0.2) is 9.78 Å². The van der Waals surface area contributed by atoms with Crippen LogP contribution in [-0.4, -0.2) is 66.3 Å². The lowest BCUT2D eigenvalue weighted by Gasteiger charge is -2.38. The van der Waals surface area contributed by atoms with Gasteiger partial charge >= 0.3 is 12.3 Å². The van der Waals surface area contributed by atoms with E-state index < -0.39 is 47.7 Å². The van der Waals surface area contributed by atoms with Crippen LogP contribution in [0.1, 0.15) is 47.4 Å². The summed E-state index contributed by atoms with van der Waals surface area (Å²) in [5.74, 6) is -0.653. The first-order valence-electron chi connectivity index (χ1n) is 14.2. The molecule has 1 aliphatic rings. The van der Waals surface area contributed by atoms with Crippen molar-refractivity contribution in [3.05, 3.63) is 82.1 Å². The van der Waals surface area contributed by atoms with E-state index in [4.69, 9.17) is 25.8 Å². The lowest BCUT2D eigenvalue weighted by atomic mass is 9.83. The van der Waals surface area contributed by atoms with Gasteiger partial charge in [-0.05, 0) is 50.1 Å². The Morgan fingerprint density at radius 2 is 1.87 bits per heavy atom. The molecule has 0 aliphatic carbocycles. The van der Waals surface area contributed by atoms with Crippen LogP contribution >= 0.6 is 11.6 Å². The van der Waals surface area contributed by atoms with Gasteiger partial charge in [-0.1, -0.05) is 41.9 Å². The number of anilines is 1. The van der Waals surface area contributed by atoms with E-state index in [-0.39, 0.29) is 53.1 Å². The number of pyridine rings is 1. The van der Waals surface area contributed by atoms with Gasteiger partial charge in [0.25, 0.3) is 5.91 Å². The number of ether oxygens (including phenoxy) is 3. The van der Waals surface area contributed by atoms with Crippen molar-refractivity contribution in [1.29, 1.82) is 0 Å². The molecule has 46 heavy (non-hydrogen) atoms. The number of benzene rings is 2. The van der Waals surface area contributed by atoms with Gasteiger partial charge in [0.15, 0.2) is 16.7 Å². The van der Waals surface area contributed by atoms with Crippen LogP contribution in [0.3, 0.4) is 0 Å². The Kier molecular flexibility index (Phi) is 10.5. The molecule has 0 spiro atoms. The van der Waals surface area contributed by atoms with Gasteiger partial charge in [0, 0.05) is 17.7 Å². The van der Waals surface area contributed by atoms with E-state index in [9.17, 15) is 33.0 Å². The SMILES string of the molecule is COc1cc(C(=O)NCC(O)(c2cc3c(c(Cl)n2)NCC[C@]3(C)NC(=O)OCc2ccccc2)C(F)(F)F)ccc1OC[C@@H](C)O. The van der Waals surface area contributed by atoms with Gasteiger partial charge in [0.1, 0.15) is 13.2 Å². The van der Waals surface area contributed by atoms with Crippen molar-refractivity contribution < 1.29 is 47.2 Å². The summed E-state index contributed by atoms with van der Waals surface area (Å²) in [6, 6.07) is 13.8. The van der Waals surface area contributed by atoms with E-state index in [1.165, 1.54) is 32.2 Å². The minimum Gasteiger partial charge on any atom is -0.493 e. The molecule has 11 nitrogen and oxygen atoms in total. The van der Waals surface area contributed by atoms with Gasteiger partial charge in [0.2, 0.25) is 5.60 Å². The third kappa shape index (κ3) is 7.74. The fourth-order valence-electron chi connectivity index (χ4n) is 4.80. The number of methoxy groups -OCH3 is 1. The summed E-state index contributed by atoms with van der Waals surface area (Å²) in [6.07, 6.45) is -6.68. The molecule has 0 saturated heterocycles. The topological polar surface area (TPSA) is 151 Å². The van der Waals surface area contributed by atoms with Crippen molar-refractivity contribution in [1.82, 2.24) is 15.6 Å². The summed E-state index contributed by atoms with van der Waals surface area (Å²) < 4.78 is 59.6. The predicted octanol–water partition coefficient (Wildman–Crippen LogP) is 4.64. The average Bonchev–Trinajstić information content (AvgIpc) is 3.01. The molecule has 1 unspecified atom stereocenters. The average molecular weight is 667 g/mol. The number of aromatic nitrogens is 1. The third-order valence-electron chi connectivity index (χ3n) is 7.39. The summed E-state index contributed by atoms with van der Waals surface area (Å²) >= 11 is 6.34. The Morgan fingerprint density at radius 1 is 1.15 bits per heavy atom. The number of fused-ring (bicyclic) bond motifs is 1. The van der Waals surface area contributed by atoms with Gasteiger partial charge in [-0.2, -0.15) is 13.2 Å². The number of aliphatic hydroxyl groups is 2. The molecular formula is C31H34ClF3N4O7. The maximum Gasteiger partial charge on any atom is 0.424 e. The highest BCUT2D eigenvalue weighted by molar-refractivity contribution is 6.32. The lowest BCUT2D eigenvalue weighted by Crippen LogP contribution is -2.52. The molecule has 0 radical (unpaired) electrons. The Labute approximate surface area is 268 Å². The van der Waals surface area contributed by atoms with Crippen molar-refractivity contribution >= 4 is 29.3 Å². The van der Waals surface area contributed by atoms with Crippen LogP contribution in [0.4, 0.5) is 23.7 Å². The van der Waals surface area contributed by atoms with E-state index in [1.807, 2.05) is 6.07 Å². The quantitative estimate of drug-likeness (QED) is 0.184. The minimum atomic E-state index is -5.32. The van der Waals surface area contributed by atoms with Crippen LogP contribution in [0.5, 0.6) is 11.5 Å². The summed E-state index contributed by atoms with van der Waals surface area (Å²) in [6.45, 7) is 1.98. The largest absolute Gasteiger partial charge is 0.493 e. The molecule has 2 aromatic carbocycles. The number of alkyl halides is 3. The highest BCUT2D eigenvalue weighted by Gasteiger charge is 2.57. The first kappa shape index (κ1) is 34.6. The van der Waals surface area contributed by atoms with E-state index in [1.54, 1.807) is 31.2 Å². The number of carbonyl (C=O) groups is 2. The number of hydrogen-bond acceptors (Lipinski definition) is 9. The Balaban J connectivity index is 1.58. The van der Waals surface area contributed by atoms with Crippen molar-refractivity contribution in [2.24, 2.45) is 0 Å². The van der Waals surface area contributed by atoms with Gasteiger partial charge in [0.05, 0.1) is 36.7 Å². The zero-order valence-electron chi connectivity index (χ0n) is 25.2. The van der Waals surface area contributed by atoms with E-state index in [0.29, 0.717) is 6.54 Å². The highest BCUT2D eigenvalue weighted by atomic mass is 35.5. The molecule has 248 valence electrons. The Hall–Kier alpha value is -4.27. The minimum absolute atomic E-state index is 0.0345. The predicted molar refractivity (Wildman–Crippen MR) is 162 cm³/mol. The second-order valence-corrected chi connectivity index (χ2v) is 11.3. The van der Waals surface area contributed by atoms with Crippen LogP contribution in [0.15, 0.2) is 54.6 Å². The first-order chi connectivity index (χ1) is 21.7. The van der Waals surface area contributed by atoms with E-state index in [0.717, 1.165) is 11.6 Å². The van der Waals surface area contributed by atoms with Crippen molar-refractivity contribution in [3.8, 4) is 11.5 Å². The maximum atomic E-state index is 14.5. The maximum absolute atomic E-state index is 14.5. The summed E-state index contributed by atoms with van der Waals surface area (Å²) in [5.41, 5.74) is -4.87. The van der Waals surface area contributed by atoms with E-state index >= 15 is 0 Å². The Bertz CT molecular complexity index is 1560. The Morgan fingerprint density at radius 3 is 2.52 bits per heavy atom. The number of nitrogens with one attached hydrogen (secondary N) is 3. The molecular weight excluding hydrogens is 633 g/mol. The van der Waals surface area contributed by atoms with Crippen LogP contribution in [0.25, 0.3) is 0 Å². The third-order valence-corrected chi connectivity index (χ3v) is 7.66. The summed E-state index contributed by atoms with van der Waals surface area (Å²) in [5, 5.41) is 28.0. The second-order valence-electron chi connectivity index (χ2n) is 11.0. The van der Waals surface area contributed by atoms with Crippen LogP contribution in [0, 0.1) is 0 Å². The molecule has 0 saturated carbocycles. The highest BCUT2D eigenvalue weighted by Crippen LogP contribution is 2.44. The number of carbonyl (C=O) groups excluding carboxylic acids is 2. The fourth-order valence-corrected chi connectivity index (χ4v) is 5.06. The second kappa shape index (κ2) is 14.0. The van der Waals surface area contributed by atoms with Crippen molar-refractivity contribution in [2.45, 2.75) is 50.3 Å². The normalized spacial score (nSPS) is 17.8. The standard InChI is InChI=1S/C31H34ClF3N4O7/c1-18(40)15-45-22-10-9-20(13-23(22)44-3)27(41)37-17-30(43,31(33,34)35)24-14-21-25(26(32)38-24)36-12-11-29(21,2)39-28(42)46-16-19-7-5-4-6-8-19/h4-10,13-14,18,36,40,43H,11-12,15-17H2,1-3H3,(H,37,41)(H,39,42)/t18-,29+,30?/m1/s1. The number of amides is 2. The van der Waals surface area contributed by atoms with Crippen LogP contribution in [-0.2, 0) is 22.5 Å². The molecule has 1 aliphatic heterocycles.